The lowest BCUT2D eigenvalue weighted by molar-refractivity contribution is 0.669. The molecule has 13 rings (SSSR count). The van der Waals surface area contributed by atoms with Crippen molar-refractivity contribution >= 4 is 82.4 Å². The molecule has 3 heteroatoms. The molecule has 0 fully saturated rings. The van der Waals surface area contributed by atoms with E-state index >= 15 is 0 Å². The zero-order chi connectivity index (χ0) is 42.8. The van der Waals surface area contributed by atoms with Crippen molar-refractivity contribution in [3.05, 3.63) is 243 Å². The van der Waals surface area contributed by atoms with Crippen molar-refractivity contribution < 1.29 is 4.42 Å². The molecule has 0 amide bonds. The Balaban J connectivity index is 0.990. The van der Waals surface area contributed by atoms with Crippen molar-refractivity contribution in [1.82, 2.24) is 4.57 Å². The van der Waals surface area contributed by atoms with Crippen LogP contribution in [-0.4, -0.2) is 4.57 Å². The van der Waals surface area contributed by atoms with E-state index in [1.807, 2.05) is 12.1 Å². The van der Waals surface area contributed by atoms with Gasteiger partial charge in [0.1, 0.15) is 11.2 Å². The third-order valence-corrected chi connectivity index (χ3v) is 13.2. The summed E-state index contributed by atoms with van der Waals surface area (Å²) in [7, 11) is 0. The smallest absolute Gasteiger partial charge is 0.136 e. The van der Waals surface area contributed by atoms with Gasteiger partial charge in [0.05, 0.1) is 22.4 Å². The van der Waals surface area contributed by atoms with E-state index in [-0.39, 0.29) is 0 Å². The van der Waals surface area contributed by atoms with E-state index in [1.54, 1.807) is 0 Å². The fraction of sp³-hybridized carbons (Fsp3) is 0. The largest absolute Gasteiger partial charge is 0.456 e. The number of furan rings is 1. The van der Waals surface area contributed by atoms with Gasteiger partial charge in [0.15, 0.2) is 0 Å². The monoisotopic (exact) mass is 828 g/mol. The standard InChI is InChI=1S/C62H40N2O/c1-2-19-47-44(16-1)39-56(50-22-4-3-21-49(47)50)53-25-8-11-28-58(53)63(46-18-15-17-42(38-46)43-34-37-55-54-26-9-14-31-61(54)65-62(55)40-43)45-35-32-41(33-36-45)48-20-5-10-27-57(48)64-59-29-12-6-23-51(59)52-24-7-13-30-60(52)64/h1-40H. The fourth-order valence-corrected chi connectivity index (χ4v) is 10.2. The second-order valence-corrected chi connectivity index (χ2v) is 16.8. The molecule has 0 saturated heterocycles. The van der Waals surface area contributed by atoms with Crippen molar-refractivity contribution in [2.75, 3.05) is 4.90 Å². The second kappa shape index (κ2) is 15.0. The Hall–Kier alpha value is -8.66. The van der Waals surface area contributed by atoms with Crippen molar-refractivity contribution in [2.45, 2.75) is 0 Å². The first kappa shape index (κ1) is 36.9. The first-order valence-electron chi connectivity index (χ1n) is 22.2. The zero-order valence-electron chi connectivity index (χ0n) is 35.4. The highest BCUT2D eigenvalue weighted by atomic mass is 16.3. The molecule has 0 saturated carbocycles. The van der Waals surface area contributed by atoms with Gasteiger partial charge in [-0.1, -0.05) is 170 Å². The van der Waals surface area contributed by atoms with E-state index in [4.69, 9.17) is 4.42 Å². The number of anilines is 3. The highest BCUT2D eigenvalue weighted by Gasteiger charge is 2.21. The summed E-state index contributed by atoms with van der Waals surface area (Å²) < 4.78 is 8.79. The highest BCUT2D eigenvalue weighted by molar-refractivity contribution is 6.15. The summed E-state index contributed by atoms with van der Waals surface area (Å²) in [6.07, 6.45) is 0. The summed E-state index contributed by atoms with van der Waals surface area (Å²) >= 11 is 0. The third-order valence-electron chi connectivity index (χ3n) is 13.2. The third kappa shape index (κ3) is 6.05. The van der Waals surface area contributed by atoms with Crippen molar-refractivity contribution in [1.29, 1.82) is 0 Å². The average molecular weight is 829 g/mol. The molecule has 0 atom stereocenters. The van der Waals surface area contributed by atoms with Crippen molar-refractivity contribution in [2.24, 2.45) is 0 Å². The van der Waals surface area contributed by atoms with E-state index < -0.39 is 0 Å². The molecule has 0 N–H and O–H groups in total. The molecule has 0 aliphatic rings. The van der Waals surface area contributed by atoms with E-state index in [1.165, 1.54) is 54.5 Å². The van der Waals surface area contributed by atoms with Crippen LogP contribution in [0, 0.1) is 0 Å². The van der Waals surface area contributed by atoms with Gasteiger partial charge in [-0.2, -0.15) is 0 Å². The molecule has 0 aliphatic carbocycles. The van der Waals surface area contributed by atoms with Crippen LogP contribution >= 0.6 is 0 Å². The van der Waals surface area contributed by atoms with Crippen LogP contribution in [0.3, 0.4) is 0 Å². The Kier molecular flexibility index (Phi) is 8.53. The number of aromatic nitrogens is 1. The lowest BCUT2D eigenvalue weighted by atomic mass is 9.92. The molecule has 11 aromatic carbocycles. The number of hydrogen-bond donors (Lipinski definition) is 0. The molecule has 2 heterocycles. The Labute approximate surface area is 376 Å². The first-order chi connectivity index (χ1) is 32.2. The number of nitrogens with zero attached hydrogens (tertiary/aromatic N) is 2. The van der Waals surface area contributed by atoms with Gasteiger partial charge < -0.3 is 13.9 Å². The molecule has 2 aromatic heterocycles. The van der Waals surface area contributed by atoms with Crippen LogP contribution < -0.4 is 4.90 Å². The Bertz CT molecular complexity index is 3910. The summed E-state index contributed by atoms with van der Waals surface area (Å²) in [6, 6.07) is 87.8. The van der Waals surface area contributed by atoms with E-state index in [2.05, 4.69) is 240 Å². The molecule has 0 bridgehead atoms. The van der Waals surface area contributed by atoms with Gasteiger partial charge in [-0.05, 0) is 117 Å². The van der Waals surface area contributed by atoms with Crippen molar-refractivity contribution in [3.63, 3.8) is 0 Å². The fourth-order valence-electron chi connectivity index (χ4n) is 10.2. The van der Waals surface area contributed by atoms with Crippen LogP contribution in [0.15, 0.2) is 247 Å². The van der Waals surface area contributed by atoms with Crippen LogP contribution in [-0.2, 0) is 0 Å². The average Bonchev–Trinajstić information content (AvgIpc) is 3.92. The second-order valence-electron chi connectivity index (χ2n) is 16.8. The molecule has 304 valence electrons. The van der Waals surface area contributed by atoms with Gasteiger partial charge in [-0.3, -0.25) is 0 Å². The van der Waals surface area contributed by atoms with Gasteiger partial charge in [0, 0.05) is 44.0 Å². The minimum Gasteiger partial charge on any atom is -0.456 e. The Morgan fingerprint density at radius 1 is 0.308 bits per heavy atom. The SMILES string of the molecule is c1cc(-c2ccc3c(c2)oc2ccccc23)cc(N(c2ccc(-c3ccccc3-n3c4ccccc4c4ccccc43)cc2)c2ccccc2-c2cc3ccccc3c3ccccc23)c1. The maximum absolute atomic E-state index is 6.37. The number of benzene rings is 11. The van der Waals surface area contributed by atoms with Gasteiger partial charge in [0.2, 0.25) is 0 Å². The van der Waals surface area contributed by atoms with Crippen LogP contribution in [0.2, 0.25) is 0 Å². The quantitative estimate of drug-likeness (QED) is 0.149. The molecule has 3 nitrogen and oxygen atoms in total. The molecule has 13 aromatic rings. The summed E-state index contributed by atoms with van der Waals surface area (Å²) in [4.78, 5) is 2.42. The van der Waals surface area contributed by atoms with E-state index in [9.17, 15) is 0 Å². The molecular formula is C62H40N2O. The molecule has 0 spiro atoms. The van der Waals surface area contributed by atoms with Gasteiger partial charge in [0.25, 0.3) is 0 Å². The zero-order valence-corrected chi connectivity index (χ0v) is 35.4. The first-order valence-corrected chi connectivity index (χ1v) is 22.2. The maximum atomic E-state index is 6.37. The normalized spacial score (nSPS) is 11.7. The predicted molar refractivity (Wildman–Crippen MR) is 274 cm³/mol. The molecule has 65 heavy (non-hydrogen) atoms. The van der Waals surface area contributed by atoms with Crippen LogP contribution in [0.5, 0.6) is 0 Å². The molecule has 0 aliphatic heterocycles. The molecule has 0 radical (unpaired) electrons. The lowest BCUT2D eigenvalue weighted by Crippen LogP contribution is -2.11. The summed E-state index contributed by atoms with van der Waals surface area (Å²) in [5, 5.41) is 9.71. The predicted octanol–water partition coefficient (Wildman–Crippen LogP) is 17.5. The van der Waals surface area contributed by atoms with Gasteiger partial charge in [-0.15, -0.1) is 0 Å². The Morgan fingerprint density at radius 2 is 0.892 bits per heavy atom. The summed E-state index contributed by atoms with van der Waals surface area (Å²) in [5.74, 6) is 0. The topological polar surface area (TPSA) is 21.3 Å². The number of fused-ring (bicyclic) bond motifs is 9. The van der Waals surface area contributed by atoms with Crippen molar-refractivity contribution in [3.8, 4) is 39.1 Å². The van der Waals surface area contributed by atoms with Gasteiger partial charge in [-0.25, -0.2) is 0 Å². The van der Waals surface area contributed by atoms with Crippen LogP contribution in [0.25, 0.3) is 104 Å². The summed E-state index contributed by atoms with van der Waals surface area (Å²) in [6.45, 7) is 0. The minimum atomic E-state index is 0.885. The Morgan fingerprint density at radius 3 is 1.69 bits per heavy atom. The molecule has 0 unspecified atom stereocenters. The summed E-state index contributed by atoms with van der Waals surface area (Å²) in [5.41, 5.74) is 15.4. The highest BCUT2D eigenvalue weighted by Crippen LogP contribution is 2.46. The minimum absolute atomic E-state index is 0.885. The number of para-hydroxylation sites is 5. The van der Waals surface area contributed by atoms with Gasteiger partial charge >= 0.3 is 0 Å². The van der Waals surface area contributed by atoms with Crippen LogP contribution in [0.4, 0.5) is 17.1 Å². The van der Waals surface area contributed by atoms with E-state index in [0.717, 1.165) is 66.9 Å². The lowest BCUT2D eigenvalue weighted by Gasteiger charge is -2.29. The number of rotatable bonds is 7. The maximum Gasteiger partial charge on any atom is 0.136 e. The molecular weight excluding hydrogens is 789 g/mol. The number of hydrogen-bond acceptors (Lipinski definition) is 2. The van der Waals surface area contributed by atoms with Crippen LogP contribution in [0.1, 0.15) is 0 Å². The van der Waals surface area contributed by atoms with E-state index in [0.29, 0.717) is 0 Å².